The number of carbonyl (C=O) groups excluding carboxylic acids is 1. The first-order valence-electron chi connectivity index (χ1n) is 9.03. The van der Waals surface area contributed by atoms with Gasteiger partial charge in [0.05, 0.1) is 17.4 Å². The van der Waals surface area contributed by atoms with Gasteiger partial charge in [0, 0.05) is 32.4 Å². The van der Waals surface area contributed by atoms with Crippen LogP contribution in [0.4, 0.5) is 17.3 Å². The molecule has 25 heavy (non-hydrogen) atoms. The zero-order valence-corrected chi connectivity index (χ0v) is 14.3. The van der Waals surface area contributed by atoms with E-state index in [0.717, 1.165) is 50.7 Å². The van der Waals surface area contributed by atoms with Crippen LogP contribution in [0.5, 0.6) is 0 Å². The summed E-state index contributed by atoms with van der Waals surface area (Å²) in [5.74, 6) is 1.62. The minimum absolute atomic E-state index is 0.134. The topological polar surface area (TPSA) is 61.4 Å². The monoisotopic (exact) mass is 337 g/mol. The molecule has 2 aliphatic rings. The number of nitrogens with zero attached hydrogens (tertiary/aromatic N) is 4. The Kier molecular flexibility index (Phi) is 4.50. The molecule has 130 valence electrons. The molecule has 1 N–H and O–H groups in total. The lowest BCUT2D eigenvalue weighted by molar-refractivity contribution is 0.102. The van der Waals surface area contributed by atoms with Crippen molar-refractivity contribution < 1.29 is 4.79 Å². The second-order valence-corrected chi connectivity index (χ2v) is 6.62. The van der Waals surface area contributed by atoms with E-state index in [9.17, 15) is 4.79 Å². The first kappa shape index (κ1) is 15.9. The van der Waals surface area contributed by atoms with Gasteiger partial charge in [-0.1, -0.05) is 0 Å². The van der Waals surface area contributed by atoms with Crippen LogP contribution in [0.2, 0.25) is 0 Å². The first-order valence-corrected chi connectivity index (χ1v) is 9.03. The number of rotatable bonds is 4. The average molecular weight is 337 g/mol. The van der Waals surface area contributed by atoms with Crippen molar-refractivity contribution >= 4 is 23.2 Å². The summed E-state index contributed by atoms with van der Waals surface area (Å²) in [6.45, 7) is 4.05. The number of carbonyl (C=O) groups is 1. The molecule has 0 bridgehead atoms. The third kappa shape index (κ3) is 3.43. The van der Waals surface area contributed by atoms with Crippen LogP contribution in [0.1, 0.15) is 36.0 Å². The van der Waals surface area contributed by atoms with Gasteiger partial charge in [-0.05, 0) is 49.9 Å². The van der Waals surface area contributed by atoms with Gasteiger partial charge in [-0.15, -0.1) is 0 Å². The van der Waals surface area contributed by atoms with Crippen molar-refractivity contribution in [1.82, 2.24) is 9.97 Å². The fourth-order valence-corrected chi connectivity index (χ4v) is 3.55. The number of pyridine rings is 2. The highest BCUT2D eigenvalue weighted by Gasteiger charge is 2.21. The van der Waals surface area contributed by atoms with Gasteiger partial charge < -0.3 is 15.1 Å². The summed E-state index contributed by atoms with van der Waals surface area (Å²) in [4.78, 5) is 26.1. The van der Waals surface area contributed by atoms with Crippen LogP contribution in [-0.2, 0) is 0 Å². The van der Waals surface area contributed by atoms with E-state index in [2.05, 4.69) is 25.1 Å². The van der Waals surface area contributed by atoms with Crippen molar-refractivity contribution in [3.8, 4) is 0 Å². The van der Waals surface area contributed by atoms with Gasteiger partial charge in [-0.25, -0.2) is 9.97 Å². The molecule has 0 spiro atoms. The number of amides is 1. The number of hydrogen-bond donors (Lipinski definition) is 1. The zero-order chi connectivity index (χ0) is 17.1. The summed E-state index contributed by atoms with van der Waals surface area (Å²) in [7, 11) is 0. The van der Waals surface area contributed by atoms with Crippen molar-refractivity contribution in [1.29, 1.82) is 0 Å². The van der Waals surface area contributed by atoms with Gasteiger partial charge in [0.1, 0.15) is 11.6 Å². The summed E-state index contributed by atoms with van der Waals surface area (Å²) in [5.41, 5.74) is 1.33. The van der Waals surface area contributed by atoms with E-state index in [1.54, 1.807) is 12.4 Å². The molecule has 2 fully saturated rings. The molecule has 0 unspecified atom stereocenters. The Balaban J connectivity index is 1.48. The van der Waals surface area contributed by atoms with Crippen LogP contribution < -0.4 is 15.1 Å². The molecule has 0 aromatic carbocycles. The van der Waals surface area contributed by atoms with E-state index in [1.165, 1.54) is 12.8 Å². The van der Waals surface area contributed by atoms with Crippen molar-refractivity contribution in [3.05, 3.63) is 42.2 Å². The Hall–Kier alpha value is -2.63. The highest BCUT2D eigenvalue weighted by molar-refractivity contribution is 6.07. The minimum atomic E-state index is -0.134. The molecule has 0 saturated carbocycles. The van der Waals surface area contributed by atoms with E-state index in [0.29, 0.717) is 11.3 Å². The molecule has 2 aliphatic heterocycles. The van der Waals surface area contributed by atoms with Gasteiger partial charge in [-0.3, -0.25) is 4.79 Å². The van der Waals surface area contributed by atoms with E-state index in [-0.39, 0.29) is 5.91 Å². The summed E-state index contributed by atoms with van der Waals surface area (Å²) < 4.78 is 0. The van der Waals surface area contributed by atoms with Crippen LogP contribution in [0.25, 0.3) is 0 Å². The van der Waals surface area contributed by atoms with Crippen molar-refractivity contribution in [2.24, 2.45) is 0 Å². The molecule has 0 aliphatic carbocycles. The molecule has 1 amide bonds. The van der Waals surface area contributed by atoms with Crippen LogP contribution in [0.15, 0.2) is 36.7 Å². The number of anilines is 3. The SMILES string of the molecule is O=C(Nc1ccc(N2CCCC2)nc1)c1cccnc1N1CCCC1. The fourth-order valence-electron chi connectivity index (χ4n) is 3.55. The van der Waals surface area contributed by atoms with Crippen LogP contribution >= 0.6 is 0 Å². The summed E-state index contributed by atoms with van der Waals surface area (Å²) >= 11 is 0. The van der Waals surface area contributed by atoms with E-state index >= 15 is 0 Å². The predicted octanol–water partition coefficient (Wildman–Crippen LogP) is 2.93. The summed E-state index contributed by atoms with van der Waals surface area (Å²) in [6.07, 6.45) is 8.23. The van der Waals surface area contributed by atoms with E-state index < -0.39 is 0 Å². The van der Waals surface area contributed by atoms with Gasteiger partial charge >= 0.3 is 0 Å². The molecule has 0 atom stereocenters. The maximum absolute atomic E-state index is 12.7. The van der Waals surface area contributed by atoms with E-state index in [4.69, 9.17) is 0 Å². The number of hydrogen-bond acceptors (Lipinski definition) is 5. The molecular formula is C19H23N5O. The zero-order valence-electron chi connectivity index (χ0n) is 14.3. The standard InChI is InChI=1S/C19H23N5O/c25-19(16-6-5-9-20-18(16)24-12-3-4-13-24)22-15-7-8-17(21-14-15)23-10-1-2-11-23/h5-9,14H,1-4,10-13H2,(H,22,25). The molecule has 6 nitrogen and oxygen atoms in total. The maximum atomic E-state index is 12.7. The minimum Gasteiger partial charge on any atom is -0.357 e. The lowest BCUT2D eigenvalue weighted by Crippen LogP contribution is -2.24. The lowest BCUT2D eigenvalue weighted by Gasteiger charge is -2.19. The van der Waals surface area contributed by atoms with E-state index in [1.807, 2.05) is 24.3 Å². The normalized spacial score (nSPS) is 17.1. The molecule has 2 saturated heterocycles. The van der Waals surface area contributed by atoms with Crippen LogP contribution in [0, 0.1) is 0 Å². The predicted molar refractivity (Wildman–Crippen MR) is 99.3 cm³/mol. The molecule has 6 heteroatoms. The van der Waals surface area contributed by atoms with Crippen molar-refractivity contribution in [3.63, 3.8) is 0 Å². The average Bonchev–Trinajstić information content (AvgIpc) is 3.36. The van der Waals surface area contributed by atoms with Crippen LogP contribution in [0.3, 0.4) is 0 Å². The Bertz CT molecular complexity index is 734. The third-order valence-electron chi connectivity index (χ3n) is 4.87. The summed E-state index contributed by atoms with van der Waals surface area (Å²) in [5, 5.41) is 2.95. The van der Waals surface area contributed by atoms with Crippen molar-refractivity contribution in [2.45, 2.75) is 25.7 Å². The first-order chi connectivity index (χ1) is 12.3. The fraction of sp³-hybridized carbons (Fsp3) is 0.421. The number of nitrogens with one attached hydrogen (secondary N) is 1. The second-order valence-electron chi connectivity index (χ2n) is 6.62. The molecule has 2 aromatic rings. The van der Waals surface area contributed by atoms with Gasteiger partial charge in [0.25, 0.3) is 5.91 Å². The highest BCUT2D eigenvalue weighted by atomic mass is 16.1. The summed E-state index contributed by atoms with van der Waals surface area (Å²) in [6, 6.07) is 7.54. The van der Waals surface area contributed by atoms with Crippen molar-refractivity contribution in [2.75, 3.05) is 41.3 Å². The number of aromatic nitrogens is 2. The van der Waals surface area contributed by atoms with Gasteiger partial charge in [0.2, 0.25) is 0 Å². The Morgan fingerprint density at radius 3 is 2.32 bits per heavy atom. The van der Waals surface area contributed by atoms with Crippen LogP contribution in [-0.4, -0.2) is 42.1 Å². The largest absolute Gasteiger partial charge is 0.357 e. The molecular weight excluding hydrogens is 314 g/mol. The smallest absolute Gasteiger partial charge is 0.259 e. The Morgan fingerprint density at radius 1 is 0.920 bits per heavy atom. The molecule has 4 heterocycles. The third-order valence-corrected chi connectivity index (χ3v) is 4.87. The quantitative estimate of drug-likeness (QED) is 0.929. The Morgan fingerprint density at radius 2 is 1.64 bits per heavy atom. The highest BCUT2D eigenvalue weighted by Crippen LogP contribution is 2.23. The lowest BCUT2D eigenvalue weighted by atomic mass is 10.2. The second kappa shape index (κ2) is 7.09. The van der Waals surface area contributed by atoms with Gasteiger partial charge in [-0.2, -0.15) is 0 Å². The molecule has 4 rings (SSSR count). The maximum Gasteiger partial charge on any atom is 0.259 e. The molecule has 2 aromatic heterocycles. The molecule has 0 radical (unpaired) electrons. The van der Waals surface area contributed by atoms with Gasteiger partial charge in [0.15, 0.2) is 0 Å². The Labute approximate surface area is 147 Å².